The van der Waals surface area contributed by atoms with Crippen LogP contribution in [0.2, 0.25) is 0 Å². The number of halogens is 1. The molecule has 1 N–H and O–H groups in total. The van der Waals surface area contributed by atoms with E-state index in [0.717, 1.165) is 22.7 Å². The number of nitrogens with one attached hydrogen (secondary N) is 1. The summed E-state index contributed by atoms with van der Waals surface area (Å²) in [5.74, 6) is 0.122. The van der Waals surface area contributed by atoms with Crippen molar-refractivity contribution < 1.29 is 27.1 Å². The van der Waals surface area contributed by atoms with Crippen LogP contribution in [-0.4, -0.2) is 41.3 Å². The van der Waals surface area contributed by atoms with Crippen molar-refractivity contribution in [2.75, 3.05) is 36.6 Å². The van der Waals surface area contributed by atoms with Gasteiger partial charge in [-0.2, -0.15) is 0 Å². The second-order valence-electron chi connectivity index (χ2n) is 5.68. The zero-order valence-corrected chi connectivity index (χ0v) is 16.0. The van der Waals surface area contributed by atoms with Gasteiger partial charge in [0.15, 0.2) is 0 Å². The van der Waals surface area contributed by atoms with Gasteiger partial charge in [-0.1, -0.05) is 0 Å². The van der Waals surface area contributed by atoms with E-state index in [0.29, 0.717) is 17.2 Å². The monoisotopic (exact) mass is 396 g/mol. The highest BCUT2D eigenvalue weighted by Crippen LogP contribution is 2.29. The summed E-state index contributed by atoms with van der Waals surface area (Å²) in [6, 6.07) is 9.94. The minimum atomic E-state index is -3.63. The lowest BCUT2D eigenvalue weighted by atomic mass is 10.2. The number of carbonyl (C=O) groups is 1. The van der Waals surface area contributed by atoms with Gasteiger partial charge in [0.25, 0.3) is 0 Å². The number of rotatable bonds is 8. The van der Waals surface area contributed by atoms with Crippen LogP contribution in [0.1, 0.15) is 6.42 Å². The highest BCUT2D eigenvalue weighted by Gasteiger charge is 2.19. The van der Waals surface area contributed by atoms with Gasteiger partial charge in [-0.3, -0.25) is 9.10 Å². The van der Waals surface area contributed by atoms with Crippen LogP contribution in [0.5, 0.6) is 11.5 Å². The lowest BCUT2D eigenvalue weighted by Crippen LogP contribution is -2.33. The molecule has 0 heterocycles. The predicted molar refractivity (Wildman–Crippen MR) is 101 cm³/mol. The van der Waals surface area contributed by atoms with Gasteiger partial charge in [-0.05, 0) is 36.4 Å². The highest BCUT2D eigenvalue weighted by molar-refractivity contribution is 7.92. The number of carbonyl (C=O) groups excluding carboxylic acids is 1. The van der Waals surface area contributed by atoms with E-state index in [2.05, 4.69) is 5.32 Å². The SMILES string of the molecule is COc1ccc(NC(=O)CCN(c2ccc(F)cc2)S(C)(=O)=O)c(OC)c1. The van der Waals surface area contributed by atoms with Crippen LogP contribution in [0.15, 0.2) is 42.5 Å². The molecular weight excluding hydrogens is 375 g/mol. The standard InChI is InChI=1S/C18H21FN2O5S/c1-25-15-8-9-16(17(12-15)26-2)20-18(22)10-11-21(27(3,23)24)14-6-4-13(19)5-7-14/h4-9,12H,10-11H2,1-3H3,(H,20,22). The average molecular weight is 396 g/mol. The van der Waals surface area contributed by atoms with E-state index in [4.69, 9.17) is 9.47 Å². The quantitative estimate of drug-likeness (QED) is 0.742. The second kappa shape index (κ2) is 8.72. The van der Waals surface area contributed by atoms with Crippen LogP contribution in [-0.2, 0) is 14.8 Å². The van der Waals surface area contributed by atoms with Crippen molar-refractivity contribution in [3.63, 3.8) is 0 Å². The summed E-state index contributed by atoms with van der Waals surface area (Å²) < 4.78 is 48.5. The first-order chi connectivity index (χ1) is 12.7. The maximum atomic E-state index is 13.1. The first-order valence-corrected chi connectivity index (χ1v) is 9.84. The molecule has 0 atom stereocenters. The van der Waals surface area contributed by atoms with Gasteiger partial charge >= 0.3 is 0 Å². The first kappa shape index (κ1) is 20.5. The zero-order valence-electron chi connectivity index (χ0n) is 15.2. The summed E-state index contributed by atoms with van der Waals surface area (Å²) in [5.41, 5.74) is 0.727. The molecule has 0 aliphatic carbocycles. The number of benzene rings is 2. The second-order valence-corrected chi connectivity index (χ2v) is 7.58. The van der Waals surface area contributed by atoms with Crippen LogP contribution in [0, 0.1) is 5.82 Å². The molecule has 2 aromatic rings. The Kier molecular flexibility index (Phi) is 6.62. The van der Waals surface area contributed by atoms with Crippen LogP contribution in [0.25, 0.3) is 0 Å². The lowest BCUT2D eigenvalue weighted by Gasteiger charge is -2.22. The van der Waals surface area contributed by atoms with Crippen LogP contribution >= 0.6 is 0 Å². The van der Waals surface area contributed by atoms with Gasteiger partial charge < -0.3 is 14.8 Å². The number of amides is 1. The minimum absolute atomic E-state index is 0.0885. The molecule has 0 bridgehead atoms. The van der Waals surface area contributed by atoms with Crippen LogP contribution < -0.4 is 19.1 Å². The van der Waals surface area contributed by atoms with Crippen molar-refractivity contribution in [1.29, 1.82) is 0 Å². The third-order valence-corrected chi connectivity index (χ3v) is 4.93. The maximum absolute atomic E-state index is 13.1. The van der Waals surface area contributed by atoms with Gasteiger partial charge in [-0.15, -0.1) is 0 Å². The number of ether oxygens (including phenoxy) is 2. The topological polar surface area (TPSA) is 84.9 Å². The smallest absolute Gasteiger partial charge is 0.232 e. The molecule has 0 spiro atoms. The van der Waals surface area contributed by atoms with Crippen molar-refractivity contribution in [2.24, 2.45) is 0 Å². The van der Waals surface area contributed by atoms with Crippen molar-refractivity contribution >= 4 is 27.3 Å². The van der Waals surface area contributed by atoms with Gasteiger partial charge in [0.2, 0.25) is 15.9 Å². The molecule has 2 rings (SSSR count). The predicted octanol–water partition coefficient (Wildman–Crippen LogP) is 2.64. The number of hydrogen-bond donors (Lipinski definition) is 1. The van der Waals surface area contributed by atoms with Crippen molar-refractivity contribution in [3.8, 4) is 11.5 Å². The van der Waals surface area contributed by atoms with E-state index in [1.807, 2.05) is 0 Å². The molecular formula is C18H21FN2O5S. The van der Waals surface area contributed by atoms with E-state index in [-0.39, 0.29) is 18.7 Å². The molecule has 0 saturated carbocycles. The molecule has 0 aromatic heterocycles. The number of nitrogens with zero attached hydrogens (tertiary/aromatic N) is 1. The van der Waals surface area contributed by atoms with Gasteiger partial charge in [0.05, 0.1) is 31.9 Å². The molecule has 27 heavy (non-hydrogen) atoms. The third-order valence-electron chi connectivity index (χ3n) is 3.74. The van der Waals surface area contributed by atoms with E-state index in [1.165, 1.54) is 26.4 Å². The summed E-state index contributed by atoms with van der Waals surface area (Å²) in [4.78, 5) is 12.3. The van der Waals surface area contributed by atoms with Gasteiger partial charge in [0, 0.05) is 19.0 Å². The largest absolute Gasteiger partial charge is 0.497 e. The summed E-state index contributed by atoms with van der Waals surface area (Å²) in [6.45, 7) is -0.0885. The molecule has 0 unspecified atom stereocenters. The number of methoxy groups -OCH3 is 2. The van der Waals surface area contributed by atoms with Crippen LogP contribution in [0.4, 0.5) is 15.8 Å². The Hall–Kier alpha value is -2.81. The Bertz CT molecular complexity index is 900. The maximum Gasteiger partial charge on any atom is 0.232 e. The fourth-order valence-corrected chi connectivity index (χ4v) is 3.34. The molecule has 2 aromatic carbocycles. The van der Waals surface area contributed by atoms with Crippen molar-refractivity contribution in [2.45, 2.75) is 6.42 Å². The Morgan fingerprint density at radius 3 is 2.33 bits per heavy atom. The molecule has 0 saturated heterocycles. The van der Waals surface area contributed by atoms with E-state index < -0.39 is 21.7 Å². The molecule has 9 heteroatoms. The summed E-state index contributed by atoms with van der Waals surface area (Å²) in [7, 11) is -0.653. The minimum Gasteiger partial charge on any atom is -0.497 e. The molecule has 0 fully saturated rings. The molecule has 1 amide bonds. The van der Waals surface area contributed by atoms with Crippen molar-refractivity contribution in [1.82, 2.24) is 0 Å². The van der Waals surface area contributed by atoms with Gasteiger partial charge in [0.1, 0.15) is 17.3 Å². The van der Waals surface area contributed by atoms with E-state index in [9.17, 15) is 17.6 Å². The van der Waals surface area contributed by atoms with E-state index >= 15 is 0 Å². The average Bonchev–Trinajstić information content (AvgIpc) is 2.62. The first-order valence-electron chi connectivity index (χ1n) is 7.99. The summed E-state index contributed by atoms with van der Waals surface area (Å²) in [6.07, 6.45) is 0.931. The summed E-state index contributed by atoms with van der Waals surface area (Å²) >= 11 is 0. The molecule has 0 radical (unpaired) electrons. The van der Waals surface area contributed by atoms with Gasteiger partial charge in [-0.25, -0.2) is 12.8 Å². The van der Waals surface area contributed by atoms with Crippen molar-refractivity contribution in [3.05, 3.63) is 48.3 Å². The Balaban J connectivity index is 2.09. The molecule has 146 valence electrons. The number of anilines is 2. The fraction of sp³-hybridized carbons (Fsp3) is 0.278. The third kappa shape index (κ3) is 5.58. The highest BCUT2D eigenvalue weighted by atomic mass is 32.2. The lowest BCUT2D eigenvalue weighted by molar-refractivity contribution is -0.116. The Morgan fingerprint density at radius 2 is 1.78 bits per heavy atom. The normalized spacial score (nSPS) is 11.0. The van der Waals surface area contributed by atoms with E-state index in [1.54, 1.807) is 18.2 Å². The fourth-order valence-electron chi connectivity index (χ4n) is 2.41. The molecule has 7 nitrogen and oxygen atoms in total. The Morgan fingerprint density at radius 1 is 1.11 bits per heavy atom. The molecule has 0 aliphatic rings. The summed E-state index contributed by atoms with van der Waals surface area (Å²) in [5, 5.41) is 2.68. The number of hydrogen-bond acceptors (Lipinski definition) is 5. The number of sulfonamides is 1. The molecule has 0 aliphatic heterocycles. The Labute approximate surface area is 157 Å². The van der Waals surface area contributed by atoms with Crippen LogP contribution in [0.3, 0.4) is 0 Å². The zero-order chi connectivity index (χ0) is 20.0.